The molecule has 7 aromatic rings. The van der Waals surface area contributed by atoms with E-state index >= 15 is 0 Å². The number of hydrogen-bond donors (Lipinski definition) is 4. The van der Waals surface area contributed by atoms with Crippen LogP contribution in [0.3, 0.4) is 0 Å². The van der Waals surface area contributed by atoms with Crippen LogP contribution in [-0.2, 0) is 56.6 Å². The van der Waals surface area contributed by atoms with Crippen molar-refractivity contribution < 1.29 is 42.9 Å². The zero-order valence-corrected chi connectivity index (χ0v) is 50.0. The van der Waals surface area contributed by atoms with E-state index in [4.69, 9.17) is 18.9 Å². The van der Waals surface area contributed by atoms with Gasteiger partial charge in [0.2, 0.25) is 0 Å². The fraction of sp³-hybridized carbons (Fsp3) is 0.338. The Kier molecular flexibility index (Phi) is 25.9. The van der Waals surface area contributed by atoms with Crippen LogP contribution in [0.2, 0.25) is 0 Å². The summed E-state index contributed by atoms with van der Waals surface area (Å²) in [5, 5.41) is 14.1. The highest BCUT2D eigenvalue weighted by molar-refractivity contribution is 9.10. The van der Waals surface area contributed by atoms with Gasteiger partial charge in [0, 0.05) is 127 Å². The van der Waals surface area contributed by atoms with Gasteiger partial charge >= 0.3 is 24.4 Å². The monoisotopic (exact) mass is 1230 g/mol. The molecule has 2 aliphatic rings. The van der Waals surface area contributed by atoms with E-state index in [9.17, 15) is 24.0 Å². The molecule has 452 valence electrons. The SMILES string of the molecule is O=C(Cc1ccc2c(Nc3ccc(Br)cc3)ncnc2c1)CN1CCN(C(=O)OCc2ccccc2)CCNCCN(C(=O)OCc2ccccc2)CC1.O=C(OCc1ccccc1)N1CCNCCN(C(=O)OCc2ccccc2)CCNCC1. The summed E-state index contributed by atoms with van der Waals surface area (Å²) in [6, 6.07) is 52.0. The maximum absolute atomic E-state index is 13.7. The van der Waals surface area contributed by atoms with Gasteiger partial charge in [-0.25, -0.2) is 29.1 Å². The number of ketones is 1. The molecule has 9 rings (SSSR count). The number of nitrogens with zero attached hydrogens (tertiary/aromatic N) is 7. The van der Waals surface area contributed by atoms with Crippen molar-refractivity contribution in [3.8, 4) is 0 Å². The number of Topliss-reactive ketones (excluding diaryl/α,β-unsaturated/α-hetero) is 1. The molecule has 2 fully saturated rings. The molecular formula is C65H76BrN11O9. The Morgan fingerprint density at radius 1 is 0.430 bits per heavy atom. The van der Waals surface area contributed by atoms with Crippen LogP contribution in [0, 0.1) is 0 Å². The summed E-state index contributed by atoms with van der Waals surface area (Å²) in [6.45, 7) is 8.98. The smallest absolute Gasteiger partial charge is 0.410 e. The maximum atomic E-state index is 13.7. The molecule has 4 N–H and O–H groups in total. The lowest BCUT2D eigenvalue weighted by Gasteiger charge is -2.31. The Hall–Kier alpha value is -8.47. The third-order valence-electron chi connectivity index (χ3n) is 14.2. The van der Waals surface area contributed by atoms with Crippen LogP contribution >= 0.6 is 15.9 Å². The van der Waals surface area contributed by atoms with E-state index in [-0.39, 0.29) is 57.4 Å². The summed E-state index contributed by atoms with van der Waals surface area (Å²) in [7, 11) is 0. The molecule has 3 heterocycles. The Morgan fingerprint density at radius 3 is 1.19 bits per heavy atom. The summed E-state index contributed by atoms with van der Waals surface area (Å²) in [6.07, 6.45) is 0.237. The van der Waals surface area contributed by atoms with Crippen molar-refractivity contribution in [2.45, 2.75) is 32.8 Å². The third kappa shape index (κ3) is 21.9. The van der Waals surface area contributed by atoms with Crippen molar-refractivity contribution in [1.29, 1.82) is 0 Å². The molecular weight excluding hydrogens is 1160 g/mol. The van der Waals surface area contributed by atoms with Crippen molar-refractivity contribution in [1.82, 2.24) is 50.4 Å². The molecule has 0 bridgehead atoms. The summed E-state index contributed by atoms with van der Waals surface area (Å²) < 4.78 is 23.3. The molecule has 6 aromatic carbocycles. The molecule has 0 radical (unpaired) electrons. The van der Waals surface area contributed by atoms with E-state index < -0.39 is 12.2 Å². The molecule has 4 amide bonds. The average molecular weight is 1240 g/mol. The van der Waals surface area contributed by atoms with Crippen LogP contribution in [-0.4, -0.2) is 176 Å². The summed E-state index contributed by atoms with van der Waals surface area (Å²) in [5.41, 5.74) is 6.19. The molecule has 0 unspecified atom stereocenters. The number of ether oxygens (including phenoxy) is 4. The van der Waals surface area contributed by atoms with Gasteiger partial charge in [-0.05, 0) is 64.2 Å². The predicted molar refractivity (Wildman–Crippen MR) is 334 cm³/mol. The molecule has 0 saturated carbocycles. The van der Waals surface area contributed by atoms with Gasteiger partial charge in [0.25, 0.3) is 0 Å². The fourth-order valence-electron chi connectivity index (χ4n) is 9.39. The average Bonchev–Trinajstić information content (AvgIpc) is 2.44. The molecule has 0 spiro atoms. The number of aromatic nitrogens is 2. The zero-order valence-electron chi connectivity index (χ0n) is 48.4. The second-order valence-electron chi connectivity index (χ2n) is 20.6. The summed E-state index contributed by atoms with van der Waals surface area (Å²) in [4.78, 5) is 82.8. The van der Waals surface area contributed by atoms with Crippen molar-refractivity contribution in [2.24, 2.45) is 0 Å². The number of amides is 4. The lowest BCUT2D eigenvalue weighted by molar-refractivity contribution is -0.119. The van der Waals surface area contributed by atoms with Gasteiger partial charge in [0.15, 0.2) is 5.78 Å². The number of hydrogen-bond acceptors (Lipinski definition) is 16. The first-order valence-corrected chi connectivity index (χ1v) is 29.9. The predicted octanol–water partition coefficient (Wildman–Crippen LogP) is 8.89. The molecule has 1 aromatic heterocycles. The van der Waals surface area contributed by atoms with E-state index in [1.165, 1.54) is 6.33 Å². The highest BCUT2D eigenvalue weighted by Gasteiger charge is 2.23. The number of fused-ring (bicyclic) bond motifs is 1. The number of halogens is 1. The first-order valence-electron chi connectivity index (χ1n) is 29.1. The van der Waals surface area contributed by atoms with Crippen molar-refractivity contribution in [3.05, 3.63) is 202 Å². The van der Waals surface area contributed by atoms with Gasteiger partial charge in [-0.15, -0.1) is 0 Å². The first kappa shape index (κ1) is 63.5. The topological polar surface area (TPSA) is 212 Å². The number of carbonyl (C=O) groups excluding carboxylic acids is 5. The normalized spacial score (nSPS) is 15.0. The van der Waals surface area contributed by atoms with Crippen LogP contribution < -0.4 is 21.3 Å². The zero-order chi connectivity index (χ0) is 60.0. The van der Waals surface area contributed by atoms with Crippen LogP contribution in [0.5, 0.6) is 0 Å². The molecule has 2 saturated heterocycles. The minimum atomic E-state index is -0.415. The highest BCUT2D eigenvalue weighted by atomic mass is 79.9. The van der Waals surface area contributed by atoms with Gasteiger partial charge < -0.3 is 59.8 Å². The highest BCUT2D eigenvalue weighted by Crippen LogP contribution is 2.25. The fourth-order valence-corrected chi connectivity index (χ4v) is 9.65. The van der Waals surface area contributed by atoms with Crippen LogP contribution in [0.15, 0.2) is 175 Å². The number of carbonyl (C=O) groups is 5. The Labute approximate surface area is 511 Å². The Balaban J connectivity index is 0.000000256. The number of nitrogens with one attached hydrogen (secondary N) is 4. The third-order valence-corrected chi connectivity index (χ3v) is 14.7. The van der Waals surface area contributed by atoms with Crippen LogP contribution in [0.25, 0.3) is 10.9 Å². The minimum Gasteiger partial charge on any atom is -0.445 e. The Bertz CT molecular complexity index is 3040. The number of benzene rings is 6. The molecule has 20 nitrogen and oxygen atoms in total. The minimum absolute atomic E-state index is 0.00165. The van der Waals surface area contributed by atoms with Crippen LogP contribution in [0.4, 0.5) is 30.7 Å². The standard InChI is InChI=1S/C41H44BrN7O5.C24H32N4O4/c42-34-12-14-35(15-13-34)46-39-37-16-11-33(26-38(37)44-30-45-39)25-36(50)27-47-21-23-48(40(51)53-28-31-7-3-1-4-8-31)19-17-43-18-20-49(24-22-47)41(52)54-29-32-9-5-2-6-10-32;29-23(31-19-21-7-3-1-4-8-21)27-15-11-25-13-17-28(18-14-26-12-16-27)24(30)32-20-22-9-5-2-6-10-22/h1-16,26,30,43H,17-25,27-29H2,(H,44,45,46);1-10,25-26H,11-20H2. The maximum Gasteiger partial charge on any atom is 0.410 e. The van der Waals surface area contributed by atoms with Gasteiger partial charge in [0.1, 0.15) is 38.6 Å². The summed E-state index contributed by atoms with van der Waals surface area (Å²) in [5.74, 6) is 0.676. The van der Waals surface area contributed by atoms with Crippen molar-refractivity contribution >= 4 is 68.5 Å². The van der Waals surface area contributed by atoms with E-state index in [0.717, 1.165) is 48.9 Å². The Morgan fingerprint density at radius 2 is 0.802 bits per heavy atom. The largest absolute Gasteiger partial charge is 0.445 e. The van der Waals surface area contributed by atoms with Crippen molar-refractivity contribution in [2.75, 3.05) is 117 Å². The molecule has 0 atom stereocenters. The van der Waals surface area contributed by atoms with Gasteiger partial charge in [-0.3, -0.25) is 9.69 Å². The molecule has 2 aliphatic heterocycles. The van der Waals surface area contributed by atoms with E-state index in [1.54, 1.807) is 19.6 Å². The van der Waals surface area contributed by atoms with Gasteiger partial charge in [0.05, 0.1) is 12.1 Å². The second-order valence-corrected chi connectivity index (χ2v) is 21.5. The first-order chi connectivity index (χ1) is 42.1. The number of rotatable bonds is 14. The lowest BCUT2D eigenvalue weighted by Crippen LogP contribution is -2.48. The van der Waals surface area contributed by atoms with Crippen molar-refractivity contribution in [3.63, 3.8) is 0 Å². The molecule has 21 heteroatoms. The molecule has 0 aliphatic carbocycles. The molecule has 86 heavy (non-hydrogen) atoms. The van der Waals surface area contributed by atoms with Crippen LogP contribution in [0.1, 0.15) is 27.8 Å². The summed E-state index contributed by atoms with van der Waals surface area (Å²) >= 11 is 3.46. The van der Waals surface area contributed by atoms with E-state index in [2.05, 4.69) is 47.2 Å². The van der Waals surface area contributed by atoms with Gasteiger partial charge in [-0.2, -0.15) is 0 Å². The van der Waals surface area contributed by atoms with E-state index in [1.807, 2.05) is 169 Å². The second kappa shape index (κ2) is 35.1. The lowest BCUT2D eigenvalue weighted by atomic mass is 10.1. The van der Waals surface area contributed by atoms with Gasteiger partial charge in [-0.1, -0.05) is 143 Å². The number of anilines is 2. The quantitative estimate of drug-likeness (QED) is 0.0749. The van der Waals surface area contributed by atoms with E-state index in [0.29, 0.717) is 111 Å².